The van der Waals surface area contributed by atoms with Crippen molar-refractivity contribution in [2.24, 2.45) is 0 Å². The predicted octanol–water partition coefficient (Wildman–Crippen LogP) is 13.3. The van der Waals surface area contributed by atoms with E-state index in [1.165, 1.54) is 6.92 Å². The van der Waals surface area contributed by atoms with E-state index in [4.69, 9.17) is 9.97 Å². The molecule has 0 radical (unpaired) electrons. The van der Waals surface area contributed by atoms with Crippen LogP contribution in [0.4, 0.5) is 13.2 Å². The lowest BCUT2D eigenvalue weighted by Gasteiger charge is -2.33. The van der Waals surface area contributed by atoms with E-state index in [1.54, 1.807) is 48.5 Å². The highest BCUT2D eigenvalue weighted by atomic mass is 19.4. The lowest BCUT2D eigenvalue weighted by atomic mass is 9.75. The van der Waals surface area contributed by atoms with Gasteiger partial charge in [-0.2, -0.15) is 13.2 Å². The highest BCUT2D eigenvalue weighted by Crippen LogP contribution is 2.47. The average molecular weight is 709 g/mol. The van der Waals surface area contributed by atoms with Gasteiger partial charge in [0.05, 0.1) is 22.8 Å². The number of nitrogens with zero attached hydrogens (tertiary/aromatic N) is 2. The Morgan fingerprint density at radius 3 is 0.852 bits per heavy atom. The minimum atomic E-state index is -4.58. The summed E-state index contributed by atoms with van der Waals surface area (Å²) in [4.78, 5) is 9.92. The fraction of sp³-hybridized carbons (Fsp3) is 0.0612. The van der Waals surface area contributed by atoms with Crippen LogP contribution in [0.2, 0.25) is 0 Å². The number of rotatable bonds is 8. The molecule has 0 aliphatic carbocycles. The molecule has 2 heterocycles. The molecule has 0 saturated heterocycles. The highest BCUT2D eigenvalue weighted by molar-refractivity contribution is 5.78. The number of aromatic nitrogens is 2. The van der Waals surface area contributed by atoms with E-state index in [0.29, 0.717) is 11.4 Å². The Morgan fingerprint density at radius 1 is 0.315 bits per heavy atom. The summed E-state index contributed by atoms with van der Waals surface area (Å²) in [6, 6.07) is 61.1. The van der Waals surface area contributed by atoms with Crippen molar-refractivity contribution in [1.82, 2.24) is 9.97 Å². The monoisotopic (exact) mass is 708 g/mol. The molecular weight excluding hydrogens is 674 g/mol. The van der Waals surface area contributed by atoms with Crippen LogP contribution < -0.4 is 0 Å². The van der Waals surface area contributed by atoms with Gasteiger partial charge < -0.3 is 0 Å². The maximum atomic E-state index is 15.3. The van der Waals surface area contributed by atoms with Crippen LogP contribution in [0.3, 0.4) is 0 Å². The zero-order valence-corrected chi connectivity index (χ0v) is 29.5. The SMILES string of the molecule is CC(c1ccc(-c2cc(-c3ccccc3)cc(-c3ccccc3)n2)cc1)(c1ccc(-c2cc(-c3ccccc3)cc(-c3ccccc3)n2)cc1)C(F)(F)F. The second-order valence-electron chi connectivity index (χ2n) is 13.5. The van der Waals surface area contributed by atoms with Gasteiger partial charge in [-0.25, -0.2) is 9.97 Å². The van der Waals surface area contributed by atoms with Crippen molar-refractivity contribution in [2.75, 3.05) is 0 Å². The Hall–Kier alpha value is -6.59. The van der Waals surface area contributed by atoms with Gasteiger partial charge in [0, 0.05) is 22.3 Å². The molecule has 8 aromatic rings. The van der Waals surface area contributed by atoms with E-state index in [2.05, 4.69) is 0 Å². The molecule has 0 fully saturated rings. The van der Waals surface area contributed by atoms with Crippen LogP contribution in [-0.2, 0) is 5.41 Å². The molecule has 0 bridgehead atoms. The minimum absolute atomic E-state index is 0.143. The lowest BCUT2D eigenvalue weighted by molar-refractivity contribution is -0.173. The van der Waals surface area contributed by atoms with Gasteiger partial charge in [-0.05, 0) is 64.6 Å². The molecule has 5 heteroatoms. The lowest BCUT2D eigenvalue weighted by Crippen LogP contribution is -2.40. The average Bonchev–Trinajstić information content (AvgIpc) is 3.24. The molecule has 0 aliphatic heterocycles. The molecule has 0 unspecified atom stereocenters. The largest absolute Gasteiger partial charge is 0.402 e. The third-order valence-corrected chi connectivity index (χ3v) is 10.1. The third-order valence-electron chi connectivity index (χ3n) is 10.1. The first-order chi connectivity index (χ1) is 26.3. The summed E-state index contributed by atoms with van der Waals surface area (Å²) in [5, 5.41) is 0. The van der Waals surface area contributed by atoms with Gasteiger partial charge in [0.15, 0.2) is 0 Å². The van der Waals surface area contributed by atoms with Gasteiger partial charge in [-0.3, -0.25) is 0 Å². The van der Waals surface area contributed by atoms with Gasteiger partial charge in [0.1, 0.15) is 5.41 Å². The van der Waals surface area contributed by atoms with Crippen molar-refractivity contribution >= 4 is 0 Å². The normalized spacial score (nSPS) is 11.7. The third kappa shape index (κ3) is 6.84. The van der Waals surface area contributed by atoms with E-state index in [0.717, 1.165) is 55.9 Å². The maximum Gasteiger partial charge on any atom is 0.402 e. The van der Waals surface area contributed by atoms with Crippen molar-refractivity contribution in [1.29, 1.82) is 0 Å². The summed E-state index contributed by atoms with van der Waals surface area (Å²) in [6.07, 6.45) is -4.58. The Bertz CT molecular complexity index is 2210. The number of alkyl halides is 3. The Morgan fingerprint density at radius 2 is 0.574 bits per heavy atom. The van der Waals surface area contributed by atoms with Gasteiger partial charge in [-0.15, -0.1) is 0 Å². The summed E-state index contributed by atoms with van der Waals surface area (Å²) < 4.78 is 45.8. The second-order valence-corrected chi connectivity index (χ2v) is 13.5. The summed E-state index contributed by atoms with van der Waals surface area (Å²) in [6.45, 7) is 1.25. The number of halogens is 3. The highest BCUT2D eigenvalue weighted by Gasteiger charge is 2.53. The van der Waals surface area contributed by atoms with E-state index in [-0.39, 0.29) is 11.1 Å². The molecule has 0 aliphatic rings. The van der Waals surface area contributed by atoms with Crippen LogP contribution in [-0.4, -0.2) is 16.1 Å². The Kier molecular flexibility index (Phi) is 9.22. The molecule has 0 N–H and O–H groups in total. The fourth-order valence-electron chi connectivity index (χ4n) is 6.91. The van der Waals surface area contributed by atoms with Crippen molar-refractivity contribution in [3.05, 3.63) is 205 Å². The van der Waals surface area contributed by atoms with Gasteiger partial charge in [-0.1, -0.05) is 170 Å². The van der Waals surface area contributed by atoms with E-state index in [9.17, 15) is 0 Å². The molecule has 0 amide bonds. The summed E-state index contributed by atoms with van der Waals surface area (Å²) in [5.74, 6) is 0. The maximum absolute atomic E-state index is 15.3. The first-order valence-corrected chi connectivity index (χ1v) is 17.8. The van der Waals surface area contributed by atoms with E-state index in [1.807, 2.05) is 146 Å². The number of hydrogen-bond donors (Lipinski definition) is 0. The molecule has 2 aromatic heterocycles. The van der Waals surface area contributed by atoms with E-state index >= 15 is 13.2 Å². The molecule has 8 rings (SSSR count). The molecular formula is C49H35F3N2. The van der Waals surface area contributed by atoms with E-state index < -0.39 is 11.6 Å². The van der Waals surface area contributed by atoms with Crippen LogP contribution in [0, 0.1) is 0 Å². The smallest absolute Gasteiger partial charge is 0.248 e. The van der Waals surface area contributed by atoms with Crippen molar-refractivity contribution in [2.45, 2.75) is 18.5 Å². The van der Waals surface area contributed by atoms with Crippen LogP contribution in [0.1, 0.15) is 18.1 Å². The second kappa shape index (κ2) is 14.4. The zero-order chi connectivity index (χ0) is 37.1. The molecule has 262 valence electrons. The topological polar surface area (TPSA) is 25.8 Å². The molecule has 0 saturated carbocycles. The molecule has 2 nitrogen and oxygen atoms in total. The first kappa shape index (κ1) is 34.5. The molecule has 6 aromatic carbocycles. The number of hydrogen-bond acceptors (Lipinski definition) is 2. The first-order valence-electron chi connectivity index (χ1n) is 17.8. The zero-order valence-electron chi connectivity index (χ0n) is 29.5. The summed E-state index contributed by atoms with van der Waals surface area (Å²) in [5.41, 5.74) is 8.33. The summed E-state index contributed by atoms with van der Waals surface area (Å²) in [7, 11) is 0. The minimum Gasteiger partial charge on any atom is -0.248 e. The van der Waals surface area contributed by atoms with Gasteiger partial charge in [0.25, 0.3) is 0 Å². The van der Waals surface area contributed by atoms with Crippen molar-refractivity contribution in [3.63, 3.8) is 0 Å². The quantitative estimate of drug-likeness (QED) is 0.157. The van der Waals surface area contributed by atoms with Crippen LogP contribution >= 0.6 is 0 Å². The van der Waals surface area contributed by atoms with Crippen molar-refractivity contribution < 1.29 is 13.2 Å². The number of pyridine rings is 2. The standard InChI is InChI=1S/C49H35F3N2/c1-48(49(50,51)52,42-26-22-38(23-27-42)46-32-40(34-14-6-2-7-15-34)30-44(53-46)36-18-10-4-11-19-36)43-28-24-39(25-29-43)47-33-41(35-16-8-3-9-17-35)31-45(54-47)37-20-12-5-13-21-37/h2-33H,1H3. The molecule has 0 spiro atoms. The Labute approximate surface area is 313 Å². The van der Waals surface area contributed by atoms with Gasteiger partial charge >= 0.3 is 6.18 Å². The van der Waals surface area contributed by atoms with Crippen LogP contribution in [0.25, 0.3) is 67.3 Å². The number of benzene rings is 6. The van der Waals surface area contributed by atoms with Crippen molar-refractivity contribution in [3.8, 4) is 67.3 Å². The Balaban J connectivity index is 1.16. The van der Waals surface area contributed by atoms with Crippen LogP contribution in [0.5, 0.6) is 0 Å². The van der Waals surface area contributed by atoms with Gasteiger partial charge in [0.2, 0.25) is 0 Å². The summed E-state index contributed by atoms with van der Waals surface area (Å²) >= 11 is 0. The fourth-order valence-corrected chi connectivity index (χ4v) is 6.91. The molecule has 0 atom stereocenters. The molecule has 54 heavy (non-hydrogen) atoms. The predicted molar refractivity (Wildman–Crippen MR) is 214 cm³/mol. The van der Waals surface area contributed by atoms with Crippen LogP contribution in [0.15, 0.2) is 194 Å².